The smallest absolute Gasteiger partial charge is 0.287 e. The third kappa shape index (κ3) is 3.76. The molecule has 1 unspecified atom stereocenters. The van der Waals surface area contributed by atoms with Crippen molar-refractivity contribution in [2.24, 2.45) is 0 Å². The van der Waals surface area contributed by atoms with E-state index in [0.717, 1.165) is 35.3 Å². The van der Waals surface area contributed by atoms with Crippen LogP contribution in [-0.2, 0) is 5.75 Å². The zero-order valence-corrected chi connectivity index (χ0v) is 15.4. The highest BCUT2D eigenvalue weighted by molar-refractivity contribution is 8.00. The summed E-state index contributed by atoms with van der Waals surface area (Å²) in [4.78, 5) is 12.7. The summed E-state index contributed by atoms with van der Waals surface area (Å²) >= 11 is 3.46. The Morgan fingerprint density at radius 2 is 2.24 bits per heavy atom. The van der Waals surface area contributed by atoms with Crippen molar-refractivity contribution in [1.82, 2.24) is 10.6 Å². The van der Waals surface area contributed by atoms with Crippen LogP contribution in [0.25, 0.3) is 11.0 Å². The Balaban J connectivity index is 1.55. The van der Waals surface area contributed by atoms with Gasteiger partial charge in [0.05, 0.1) is 4.21 Å². The number of nitrogens with one attached hydrogen (secondary N) is 2. The lowest BCUT2D eigenvalue weighted by Gasteiger charge is -2.11. The third-order valence-electron chi connectivity index (χ3n) is 4.43. The molecule has 4 rings (SSSR count). The number of thiophene rings is 1. The van der Waals surface area contributed by atoms with Crippen molar-refractivity contribution >= 4 is 40.0 Å². The molecule has 0 saturated carbocycles. The van der Waals surface area contributed by atoms with Crippen LogP contribution in [0.15, 0.2) is 50.4 Å². The molecule has 1 saturated heterocycles. The van der Waals surface area contributed by atoms with Crippen molar-refractivity contribution in [3.8, 4) is 0 Å². The molecule has 0 bridgehead atoms. The van der Waals surface area contributed by atoms with Gasteiger partial charge in [0.25, 0.3) is 5.91 Å². The molecule has 1 aromatic carbocycles. The van der Waals surface area contributed by atoms with Crippen molar-refractivity contribution in [2.75, 3.05) is 13.1 Å². The molecule has 2 N–H and O–H groups in total. The van der Waals surface area contributed by atoms with Gasteiger partial charge in [-0.25, -0.2) is 0 Å². The van der Waals surface area contributed by atoms with Gasteiger partial charge in [-0.3, -0.25) is 4.79 Å². The van der Waals surface area contributed by atoms with Crippen LogP contribution in [0.3, 0.4) is 0 Å². The molecule has 3 aromatic rings. The maximum Gasteiger partial charge on any atom is 0.287 e. The van der Waals surface area contributed by atoms with Crippen LogP contribution in [0.5, 0.6) is 0 Å². The van der Waals surface area contributed by atoms with Gasteiger partial charge in [0.15, 0.2) is 5.76 Å². The molecule has 1 amide bonds. The number of carbonyl (C=O) groups is 1. The summed E-state index contributed by atoms with van der Waals surface area (Å²) < 4.78 is 7.15. The molecular formula is C19H20N2O2S2. The van der Waals surface area contributed by atoms with Crippen LogP contribution >= 0.6 is 23.1 Å². The lowest BCUT2D eigenvalue weighted by molar-refractivity contribution is 0.0924. The molecule has 4 nitrogen and oxygen atoms in total. The highest BCUT2D eigenvalue weighted by Crippen LogP contribution is 2.33. The fraction of sp³-hybridized carbons (Fsp3) is 0.316. The fourth-order valence-corrected chi connectivity index (χ4v) is 4.95. The Labute approximate surface area is 155 Å². The zero-order chi connectivity index (χ0) is 17.1. The molecular weight excluding hydrogens is 352 g/mol. The molecule has 1 aliphatic rings. The maximum atomic E-state index is 12.7. The Morgan fingerprint density at radius 1 is 1.32 bits per heavy atom. The molecule has 0 spiro atoms. The van der Waals surface area contributed by atoms with E-state index in [1.54, 1.807) is 23.1 Å². The number of hydrogen-bond acceptors (Lipinski definition) is 5. The average molecular weight is 373 g/mol. The average Bonchev–Trinajstić information content (AvgIpc) is 3.38. The van der Waals surface area contributed by atoms with Crippen LogP contribution < -0.4 is 10.6 Å². The summed E-state index contributed by atoms with van der Waals surface area (Å²) in [5.74, 6) is 1.05. The minimum atomic E-state index is -0.119. The summed E-state index contributed by atoms with van der Waals surface area (Å²) in [7, 11) is 0. The van der Waals surface area contributed by atoms with Gasteiger partial charge < -0.3 is 15.1 Å². The lowest BCUT2D eigenvalue weighted by atomic mass is 10.1. The van der Waals surface area contributed by atoms with Crippen LogP contribution in [0, 0.1) is 0 Å². The van der Waals surface area contributed by atoms with E-state index in [2.05, 4.69) is 22.1 Å². The summed E-state index contributed by atoms with van der Waals surface area (Å²) in [6.45, 7) is 1.68. The van der Waals surface area contributed by atoms with Crippen molar-refractivity contribution in [2.45, 2.75) is 28.8 Å². The van der Waals surface area contributed by atoms with Gasteiger partial charge in [-0.15, -0.1) is 23.1 Å². The van der Waals surface area contributed by atoms with Crippen LogP contribution in [-0.4, -0.2) is 25.0 Å². The predicted octanol–water partition coefficient (Wildman–Crippen LogP) is 4.27. The van der Waals surface area contributed by atoms with Gasteiger partial charge in [0.1, 0.15) is 5.58 Å². The highest BCUT2D eigenvalue weighted by atomic mass is 32.2. The SMILES string of the molecule is O=C(NCC1CCCN1)c1oc2ccccc2c1CSc1cccs1. The van der Waals surface area contributed by atoms with E-state index in [-0.39, 0.29) is 5.91 Å². The van der Waals surface area contributed by atoms with Gasteiger partial charge in [-0.2, -0.15) is 0 Å². The molecule has 2 aromatic heterocycles. The van der Waals surface area contributed by atoms with E-state index in [9.17, 15) is 4.79 Å². The van der Waals surface area contributed by atoms with Crippen LogP contribution in [0.1, 0.15) is 29.0 Å². The number of rotatable bonds is 6. The zero-order valence-electron chi connectivity index (χ0n) is 13.8. The first kappa shape index (κ1) is 16.7. The number of fused-ring (bicyclic) bond motifs is 1. The molecule has 0 radical (unpaired) electrons. The van der Waals surface area contributed by atoms with E-state index in [1.807, 2.05) is 30.3 Å². The van der Waals surface area contributed by atoms with E-state index in [4.69, 9.17) is 4.42 Å². The van der Waals surface area contributed by atoms with Crippen molar-refractivity contribution in [3.05, 3.63) is 53.1 Å². The molecule has 6 heteroatoms. The number of hydrogen-bond donors (Lipinski definition) is 2. The molecule has 3 heterocycles. The molecule has 1 aliphatic heterocycles. The fourth-order valence-electron chi connectivity index (χ4n) is 3.14. The monoisotopic (exact) mass is 372 g/mol. The quantitative estimate of drug-likeness (QED) is 0.635. The summed E-state index contributed by atoms with van der Waals surface area (Å²) in [6.07, 6.45) is 2.29. The molecule has 1 atom stereocenters. The van der Waals surface area contributed by atoms with Gasteiger partial charge >= 0.3 is 0 Å². The Hall–Kier alpha value is -1.76. The minimum absolute atomic E-state index is 0.119. The van der Waals surface area contributed by atoms with Crippen molar-refractivity contribution in [3.63, 3.8) is 0 Å². The van der Waals surface area contributed by atoms with Gasteiger partial charge in [-0.1, -0.05) is 24.3 Å². The number of furan rings is 1. The van der Waals surface area contributed by atoms with Crippen LogP contribution in [0.2, 0.25) is 0 Å². The van der Waals surface area contributed by atoms with Gasteiger partial charge in [-0.05, 0) is 36.9 Å². The van der Waals surface area contributed by atoms with Gasteiger partial charge in [0.2, 0.25) is 0 Å². The first-order valence-corrected chi connectivity index (χ1v) is 10.4. The Morgan fingerprint density at radius 3 is 3.04 bits per heavy atom. The van der Waals surface area contributed by atoms with E-state index in [0.29, 0.717) is 18.3 Å². The first-order valence-electron chi connectivity index (χ1n) is 8.49. The lowest BCUT2D eigenvalue weighted by Crippen LogP contribution is -2.37. The Kier molecular flexibility index (Phi) is 5.10. The highest BCUT2D eigenvalue weighted by Gasteiger charge is 2.22. The molecule has 1 fully saturated rings. The summed E-state index contributed by atoms with van der Waals surface area (Å²) in [5, 5.41) is 9.53. The van der Waals surface area contributed by atoms with Crippen LogP contribution in [0.4, 0.5) is 0 Å². The summed E-state index contributed by atoms with van der Waals surface area (Å²) in [5.41, 5.74) is 1.75. The van der Waals surface area contributed by atoms with E-state index >= 15 is 0 Å². The second-order valence-electron chi connectivity index (χ2n) is 6.13. The topological polar surface area (TPSA) is 54.3 Å². The first-order chi connectivity index (χ1) is 12.3. The van der Waals surface area contributed by atoms with Crippen molar-refractivity contribution < 1.29 is 9.21 Å². The third-order valence-corrected chi connectivity index (χ3v) is 6.59. The van der Waals surface area contributed by atoms with E-state index in [1.165, 1.54) is 10.6 Å². The number of thioether (sulfide) groups is 1. The number of benzene rings is 1. The second kappa shape index (κ2) is 7.64. The largest absolute Gasteiger partial charge is 0.451 e. The van der Waals surface area contributed by atoms with Gasteiger partial charge in [0, 0.05) is 29.3 Å². The Bertz CT molecular complexity index is 852. The normalized spacial score (nSPS) is 17.2. The molecule has 130 valence electrons. The maximum absolute atomic E-state index is 12.7. The number of para-hydroxylation sites is 1. The number of carbonyl (C=O) groups excluding carboxylic acids is 1. The predicted molar refractivity (Wildman–Crippen MR) is 103 cm³/mol. The summed E-state index contributed by atoms with van der Waals surface area (Å²) in [6, 6.07) is 12.4. The second-order valence-corrected chi connectivity index (χ2v) is 8.35. The minimum Gasteiger partial charge on any atom is -0.451 e. The molecule has 0 aliphatic carbocycles. The van der Waals surface area contributed by atoms with Crippen molar-refractivity contribution in [1.29, 1.82) is 0 Å². The molecule has 25 heavy (non-hydrogen) atoms. The number of amides is 1. The van der Waals surface area contributed by atoms with E-state index < -0.39 is 0 Å². The standard InChI is InChI=1S/C19H20N2O2S2/c22-19(21-11-13-5-3-9-20-13)18-15(12-25-17-8-4-10-24-17)14-6-1-2-7-16(14)23-18/h1-2,4,6-8,10,13,20H,3,5,9,11-12H2,(H,21,22).